The Labute approximate surface area is 293 Å². The molecule has 0 aliphatic heterocycles. The highest BCUT2D eigenvalue weighted by Crippen LogP contribution is 2.49. The molecule has 0 saturated carbocycles. The summed E-state index contributed by atoms with van der Waals surface area (Å²) in [6, 6.07) is 57.9. The monoisotopic (exact) mass is 642 g/mol. The molecule has 2 heteroatoms. The standard InChI is InChI=1S/C48H38N2/c1-31-15-5-9-23-41(31)49(42-24-10-6-16-32(42)2)45-29-27-37-36-20-14-22-40-46(30-28-38(48(36)40)35-19-13-21-39(45)47(35)37)50(43-25-11-7-17-33(43)3)44-26-12-8-18-34(44)4/h5-30H,1-4H3. The summed E-state index contributed by atoms with van der Waals surface area (Å²) in [6.07, 6.45) is 0. The predicted molar refractivity (Wildman–Crippen MR) is 216 cm³/mol. The summed E-state index contributed by atoms with van der Waals surface area (Å²) >= 11 is 0. The molecule has 0 atom stereocenters. The van der Waals surface area contributed by atoms with Crippen molar-refractivity contribution in [1.29, 1.82) is 0 Å². The second-order valence-corrected chi connectivity index (χ2v) is 13.5. The summed E-state index contributed by atoms with van der Waals surface area (Å²) in [5.74, 6) is 0. The molecule has 0 amide bonds. The van der Waals surface area contributed by atoms with Gasteiger partial charge in [-0.05, 0) is 119 Å². The SMILES string of the molecule is Cc1ccccc1N(c1ccccc1C)c1ccc2c3cccc4c(N(c5ccccc5C)c5ccccc5C)ccc(c5cccc1c52)c43. The quantitative estimate of drug-likeness (QED) is 0.132. The van der Waals surface area contributed by atoms with Crippen molar-refractivity contribution in [2.24, 2.45) is 0 Å². The van der Waals surface area contributed by atoms with Gasteiger partial charge in [0.1, 0.15) is 0 Å². The van der Waals surface area contributed by atoms with E-state index in [1.807, 2.05) is 0 Å². The Kier molecular flexibility index (Phi) is 7.07. The van der Waals surface area contributed by atoms with Crippen LogP contribution in [-0.4, -0.2) is 0 Å². The van der Waals surface area contributed by atoms with Crippen LogP contribution in [0.5, 0.6) is 0 Å². The molecule has 0 fully saturated rings. The number of anilines is 6. The average Bonchev–Trinajstić information content (AvgIpc) is 3.14. The second kappa shape index (κ2) is 11.8. The van der Waals surface area contributed by atoms with Crippen LogP contribution in [0.2, 0.25) is 0 Å². The third-order valence-electron chi connectivity index (χ3n) is 10.5. The Bertz CT molecular complexity index is 2420. The number of nitrogens with zero attached hydrogens (tertiary/aromatic N) is 2. The van der Waals surface area contributed by atoms with E-state index >= 15 is 0 Å². The first-order valence-electron chi connectivity index (χ1n) is 17.5. The lowest BCUT2D eigenvalue weighted by Gasteiger charge is -2.31. The number of fused-ring (bicyclic) bond motifs is 2. The molecule has 0 aliphatic rings. The van der Waals surface area contributed by atoms with Crippen molar-refractivity contribution in [2.45, 2.75) is 27.7 Å². The molecule has 0 unspecified atom stereocenters. The zero-order valence-corrected chi connectivity index (χ0v) is 28.9. The van der Waals surface area contributed by atoms with E-state index in [1.165, 1.54) is 99.5 Å². The molecular weight excluding hydrogens is 605 g/mol. The fourth-order valence-corrected chi connectivity index (χ4v) is 8.11. The molecule has 9 aromatic carbocycles. The Hall–Kier alpha value is -6.12. The van der Waals surface area contributed by atoms with E-state index in [0.29, 0.717) is 0 Å². The molecule has 0 bridgehead atoms. The van der Waals surface area contributed by atoms with Gasteiger partial charge in [0.2, 0.25) is 0 Å². The third kappa shape index (κ3) is 4.56. The summed E-state index contributed by atoms with van der Waals surface area (Å²) < 4.78 is 0. The molecule has 9 aromatic rings. The van der Waals surface area contributed by atoms with Crippen LogP contribution in [0.1, 0.15) is 22.3 Å². The van der Waals surface area contributed by atoms with Gasteiger partial charge in [-0.25, -0.2) is 0 Å². The Morgan fingerprint density at radius 3 is 0.840 bits per heavy atom. The first-order valence-corrected chi connectivity index (χ1v) is 17.5. The Balaban J connectivity index is 1.35. The summed E-state index contributed by atoms with van der Waals surface area (Å²) in [5.41, 5.74) is 12.1. The van der Waals surface area contributed by atoms with Crippen molar-refractivity contribution >= 4 is 77.2 Å². The van der Waals surface area contributed by atoms with E-state index in [-0.39, 0.29) is 0 Å². The van der Waals surface area contributed by atoms with Gasteiger partial charge in [-0.15, -0.1) is 0 Å². The van der Waals surface area contributed by atoms with Gasteiger partial charge >= 0.3 is 0 Å². The van der Waals surface area contributed by atoms with E-state index in [1.54, 1.807) is 0 Å². The topological polar surface area (TPSA) is 6.48 Å². The number of hydrogen-bond donors (Lipinski definition) is 0. The fraction of sp³-hybridized carbons (Fsp3) is 0.0833. The number of benzene rings is 9. The van der Waals surface area contributed by atoms with Crippen molar-refractivity contribution in [3.05, 3.63) is 180 Å². The van der Waals surface area contributed by atoms with Gasteiger partial charge < -0.3 is 9.80 Å². The van der Waals surface area contributed by atoms with Crippen LogP contribution in [0.25, 0.3) is 43.1 Å². The van der Waals surface area contributed by atoms with Crippen molar-refractivity contribution in [1.82, 2.24) is 0 Å². The molecule has 0 radical (unpaired) electrons. The zero-order chi connectivity index (χ0) is 33.9. The summed E-state index contributed by atoms with van der Waals surface area (Å²) in [4.78, 5) is 4.91. The minimum atomic E-state index is 1.19. The largest absolute Gasteiger partial charge is 0.309 e. The molecule has 0 saturated heterocycles. The van der Waals surface area contributed by atoms with Crippen molar-refractivity contribution in [3.8, 4) is 0 Å². The maximum absolute atomic E-state index is 2.45. The molecule has 0 aromatic heterocycles. The van der Waals surface area contributed by atoms with Crippen LogP contribution in [0.3, 0.4) is 0 Å². The number of hydrogen-bond acceptors (Lipinski definition) is 2. The van der Waals surface area contributed by atoms with E-state index in [2.05, 4.69) is 195 Å². The molecule has 50 heavy (non-hydrogen) atoms. The van der Waals surface area contributed by atoms with Crippen molar-refractivity contribution in [2.75, 3.05) is 9.80 Å². The summed E-state index contributed by atoms with van der Waals surface area (Å²) in [7, 11) is 0. The van der Waals surface area contributed by atoms with Gasteiger partial charge in [-0.2, -0.15) is 0 Å². The Morgan fingerprint density at radius 2 is 0.520 bits per heavy atom. The highest BCUT2D eigenvalue weighted by Gasteiger charge is 2.24. The first-order chi connectivity index (χ1) is 24.5. The molecule has 240 valence electrons. The average molecular weight is 643 g/mol. The lowest BCUT2D eigenvalue weighted by atomic mass is 9.88. The van der Waals surface area contributed by atoms with Crippen LogP contribution in [0.4, 0.5) is 34.1 Å². The molecule has 9 rings (SSSR count). The minimum Gasteiger partial charge on any atom is -0.309 e. The third-order valence-corrected chi connectivity index (χ3v) is 10.5. The van der Waals surface area contributed by atoms with Gasteiger partial charge in [0, 0.05) is 33.5 Å². The van der Waals surface area contributed by atoms with Crippen LogP contribution in [-0.2, 0) is 0 Å². The maximum atomic E-state index is 2.45. The number of aryl methyl sites for hydroxylation is 4. The van der Waals surface area contributed by atoms with E-state index in [9.17, 15) is 0 Å². The van der Waals surface area contributed by atoms with Crippen LogP contribution in [0, 0.1) is 27.7 Å². The lowest BCUT2D eigenvalue weighted by Crippen LogP contribution is -2.13. The van der Waals surface area contributed by atoms with Crippen LogP contribution < -0.4 is 9.80 Å². The molecule has 0 N–H and O–H groups in total. The van der Waals surface area contributed by atoms with E-state index in [4.69, 9.17) is 0 Å². The zero-order valence-electron chi connectivity index (χ0n) is 28.9. The first kappa shape index (κ1) is 30.0. The van der Waals surface area contributed by atoms with Crippen molar-refractivity contribution in [3.63, 3.8) is 0 Å². The highest BCUT2D eigenvalue weighted by atomic mass is 15.2. The normalized spacial score (nSPS) is 11.6. The van der Waals surface area contributed by atoms with Gasteiger partial charge in [0.25, 0.3) is 0 Å². The summed E-state index contributed by atoms with van der Waals surface area (Å²) in [5, 5.41) is 10.2. The molecule has 0 heterocycles. The smallest absolute Gasteiger partial charge is 0.0540 e. The van der Waals surface area contributed by atoms with Crippen LogP contribution in [0.15, 0.2) is 158 Å². The van der Waals surface area contributed by atoms with Gasteiger partial charge in [0.05, 0.1) is 11.4 Å². The Morgan fingerprint density at radius 1 is 0.240 bits per heavy atom. The van der Waals surface area contributed by atoms with E-state index < -0.39 is 0 Å². The molecule has 2 nitrogen and oxygen atoms in total. The number of para-hydroxylation sites is 4. The predicted octanol–water partition coefficient (Wildman–Crippen LogP) is 13.9. The lowest BCUT2D eigenvalue weighted by molar-refractivity contribution is 1.24. The highest BCUT2D eigenvalue weighted by molar-refractivity contribution is 6.35. The maximum Gasteiger partial charge on any atom is 0.0540 e. The second-order valence-electron chi connectivity index (χ2n) is 13.5. The minimum absolute atomic E-state index is 1.19. The fourth-order valence-electron chi connectivity index (χ4n) is 8.11. The van der Waals surface area contributed by atoms with Crippen molar-refractivity contribution < 1.29 is 0 Å². The molecule has 0 aliphatic carbocycles. The van der Waals surface area contributed by atoms with E-state index in [0.717, 1.165) is 0 Å². The summed E-state index contributed by atoms with van der Waals surface area (Å²) in [6.45, 7) is 8.82. The number of rotatable bonds is 6. The molecule has 0 spiro atoms. The van der Waals surface area contributed by atoms with Gasteiger partial charge in [0.15, 0.2) is 0 Å². The van der Waals surface area contributed by atoms with Gasteiger partial charge in [-0.3, -0.25) is 0 Å². The molecular formula is C48H38N2. The van der Waals surface area contributed by atoms with Gasteiger partial charge in [-0.1, -0.05) is 121 Å². The van der Waals surface area contributed by atoms with Crippen LogP contribution >= 0.6 is 0 Å².